The summed E-state index contributed by atoms with van der Waals surface area (Å²) in [6, 6.07) is 1.62. The van der Waals surface area contributed by atoms with E-state index < -0.39 is 54.7 Å². The van der Waals surface area contributed by atoms with E-state index in [-0.39, 0.29) is 11.8 Å². The molecule has 2 unspecified atom stereocenters. The number of hydrogen-bond donors (Lipinski definition) is 4. The van der Waals surface area contributed by atoms with Gasteiger partial charge in [-0.25, -0.2) is 4.79 Å². The van der Waals surface area contributed by atoms with Gasteiger partial charge in [-0.2, -0.15) is 0 Å². The lowest BCUT2D eigenvalue weighted by atomic mass is 9.88. The fraction of sp³-hybridized carbons (Fsp3) is 0.583. The number of benzene rings is 1. The highest BCUT2D eigenvalue weighted by Crippen LogP contribution is 2.35. The topological polar surface area (TPSA) is 154 Å². The number of carbonyl (C=O) groups is 4. The molecule has 0 radical (unpaired) electrons. The summed E-state index contributed by atoms with van der Waals surface area (Å²) in [7, 11) is 1.19. The van der Waals surface area contributed by atoms with Gasteiger partial charge in [-0.15, -0.1) is 0 Å². The van der Waals surface area contributed by atoms with Crippen molar-refractivity contribution in [1.29, 1.82) is 0 Å². The number of aromatic hydroxyl groups is 1. The van der Waals surface area contributed by atoms with Gasteiger partial charge in [0, 0.05) is 6.04 Å². The number of phenols is 1. The van der Waals surface area contributed by atoms with Crippen LogP contribution in [-0.4, -0.2) is 76.9 Å². The lowest BCUT2D eigenvalue weighted by Crippen LogP contribution is -2.58. The Labute approximate surface area is 204 Å². The van der Waals surface area contributed by atoms with Crippen LogP contribution in [0.25, 0.3) is 0 Å². The Kier molecular flexibility index (Phi) is 9.47. The average Bonchev–Trinajstić information content (AvgIpc) is 2.74. The molecule has 0 saturated heterocycles. The van der Waals surface area contributed by atoms with Crippen LogP contribution in [0.4, 0.5) is 4.79 Å². The first kappa shape index (κ1) is 27.9. The normalized spacial score (nSPS) is 15.3. The first-order valence-electron chi connectivity index (χ1n) is 11.4. The van der Waals surface area contributed by atoms with E-state index in [1.807, 2.05) is 0 Å². The van der Waals surface area contributed by atoms with E-state index in [9.17, 15) is 29.4 Å². The van der Waals surface area contributed by atoms with Crippen molar-refractivity contribution in [2.24, 2.45) is 0 Å². The molecule has 1 aromatic carbocycles. The molecule has 3 amide bonds. The molecule has 0 heterocycles. The molecular formula is C24H35N3O8. The largest absolute Gasteiger partial charge is 0.508 e. The van der Waals surface area contributed by atoms with Crippen LogP contribution in [0.5, 0.6) is 5.75 Å². The molecule has 0 aliphatic heterocycles. The minimum atomic E-state index is -1.36. The van der Waals surface area contributed by atoms with Crippen molar-refractivity contribution in [3.05, 3.63) is 29.3 Å². The molecule has 35 heavy (non-hydrogen) atoms. The van der Waals surface area contributed by atoms with Gasteiger partial charge >= 0.3 is 12.1 Å². The zero-order valence-corrected chi connectivity index (χ0v) is 20.8. The number of methoxy groups -OCH3 is 1. The van der Waals surface area contributed by atoms with Gasteiger partial charge in [-0.1, -0.05) is 6.07 Å². The molecule has 2 atom stereocenters. The molecule has 0 bridgehead atoms. The second-order valence-corrected chi connectivity index (χ2v) is 9.45. The zero-order chi connectivity index (χ0) is 26.3. The minimum Gasteiger partial charge on any atom is -0.508 e. The summed E-state index contributed by atoms with van der Waals surface area (Å²) in [5.74, 6) is -1.97. The first-order chi connectivity index (χ1) is 16.4. The number of nitrogens with zero attached hydrogens (tertiary/aromatic N) is 1. The number of rotatable bonds is 9. The number of esters is 1. The van der Waals surface area contributed by atoms with Gasteiger partial charge in [-0.3, -0.25) is 14.4 Å². The SMILES string of the molecule is COC(=O)CNC(=O)C(c1ccc(O)c(C)c1)N(C(=O)C(CO)NC(=O)OC(C)(C)C)C1CCC1. The number of aliphatic hydroxyl groups excluding tert-OH is 1. The molecule has 4 N–H and O–H groups in total. The van der Waals surface area contributed by atoms with Crippen LogP contribution < -0.4 is 10.6 Å². The van der Waals surface area contributed by atoms with Crippen LogP contribution in [0.2, 0.25) is 0 Å². The van der Waals surface area contributed by atoms with Gasteiger partial charge < -0.3 is 35.2 Å². The Hall–Kier alpha value is -3.34. The summed E-state index contributed by atoms with van der Waals surface area (Å²) in [6.07, 6.45) is 1.19. The fourth-order valence-electron chi connectivity index (χ4n) is 3.61. The fourth-order valence-corrected chi connectivity index (χ4v) is 3.61. The molecule has 194 valence electrons. The smallest absolute Gasteiger partial charge is 0.408 e. The first-order valence-corrected chi connectivity index (χ1v) is 11.4. The number of hydrogen-bond acceptors (Lipinski definition) is 8. The predicted octanol–water partition coefficient (Wildman–Crippen LogP) is 1.30. The van der Waals surface area contributed by atoms with Crippen molar-refractivity contribution in [3.63, 3.8) is 0 Å². The maximum atomic E-state index is 13.6. The Morgan fingerprint density at radius 1 is 1.20 bits per heavy atom. The molecule has 1 aliphatic carbocycles. The second kappa shape index (κ2) is 11.9. The number of alkyl carbamates (subject to hydrolysis) is 1. The molecule has 2 rings (SSSR count). The van der Waals surface area contributed by atoms with Crippen molar-refractivity contribution >= 4 is 23.9 Å². The lowest BCUT2D eigenvalue weighted by Gasteiger charge is -2.43. The summed E-state index contributed by atoms with van der Waals surface area (Å²) in [6.45, 7) is 5.52. The molecule has 1 fully saturated rings. The Morgan fingerprint density at radius 2 is 1.86 bits per heavy atom. The standard InChI is InChI=1S/C24H35N3O8/c1-14-11-15(9-10-18(14)29)20(21(31)25-12-19(30)34-5)27(16-7-6-8-16)22(32)17(13-28)26-23(33)35-24(2,3)4/h9-11,16-17,20,28-29H,6-8,12-13H2,1-5H3,(H,25,31)(H,26,33). The maximum Gasteiger partial charge on any atom is 0.408 e. The highest BCUT2D eigenvalue weighted by atomic mass is 16.6. The van der Waals surface area contributed by atoms with Crippen LogP contribution in [0.1, 0.15) is 57.2 Å². The number of nitrogens with one attached hydrogen (secondary N) is 2. The number of carbonyl (C=O) groups excluding carboxylic acids is 4. The molecule has 11 heteroatoms. The molecule has 11 nitrogen and oxygen atoms in total. The Bertz CT molecular complexity index is 939. The van der Waals surface area contributed by atoms with E-state index >= 15 is 0 Å². The van der Waals surface area contributed by atoms with Crippen molar-refractivity contribution < 1.29 is 38.9 Å². The summed E-state index contributed by atoms with van der Waals surface area (Å²) in [5, 5.41) is 24.8. The van der Waals surface area contributed by atoms with Crippen LogP contribution >= 0.6 is 0 Å². The van der Waals surface area contributed by atoms with Crippen molar-refractivity contribution in [1.82, 2.24) is 15.5 Å². The second-order valence-electron chi connectivity index (χ2n) is 9.45. The Morgan fingerprint density at radius 3 is 2.34 bits per heavy atom. The van der Waals surface area contributed by atoms with E-state index in [1.165, 1.54) is 24.1 Å². The number of amides is 3. The van der Waals surface area contributed by atoms with E-state index in [1.54, 1.807) is 33.8 Å². The van der Waals surface area contributed by atoms with Gasteiger partial charge in [0.05, 0.1) is 13.7 Å². The molecule has 1 aromatic rings. The lowest BCUT2D eigenvalue weighted by molar-refractivity contribution is -0.149. The number of ether oxygens (including phenoxy) is 2. The average molecular weight is 494 g/mol. The quantitative estimate of drug-likeness (QED) is 0.375. The van der Waals surface area contributed by atoms with Gasteiger partial charge in [-0.05, 0) is 70.2 Å². The van der Waals surface area contributed by atoms with Gasteiger partial charge in [0.2, 0.25) is 11.8 Å². The highest BCUT2D eigenvalue weighted by Gasteiger charge is 2.42. The number of aliphatic hydroxyl groups is 1. The zero-order valence-electron chi connectivity index (χ0n) is 20.8. The van der Waals surface area contributed by atoms with Gasteiger partial charge in [0.15, 0.2) is 0 Å². The van der Waals surface area contributed by atoms with Gasteiger partial charge in [0.1, 0.15) is 30.0 Å². The van der Waals surface area contributed by atoms with Crippen molar-refractivity contribution in [2.75, 3.05) is 20.3 Å². The van der Waals surface area contributed by atoms with Crippen LogP contribution in [0, 0.1) is 6.92 Å². The van der Waals surface area contributed by atoms with E-state index in [4.69, 9.17) is 4.74 Å². The summed E-state index contributed by atoms with van der Waals surface area (Å²) in [5.41, 5.74) is 0.0671. The highest BCUT2D eigenvalue weighted by molar-refractivity contribution is 5.93. The third-order valence-electron chi connectivity index (χ3n) is 5.59. The maximum absolute atomic E-state index is 13.6. The van der Waals surface area contributed by atoms with Crippen LogP contribution in [0.3, 0.4) is 0 Å². The van der Waals surface area contributed by atoms with E-state index in [2.05, 4.69) is 15.4 Å². The van der Waals surface area contributed by atoms with E-state index in [0.29, 0.717) is 24.0 Å². The van der Waals surface area contributed by atoms with Crippen LogP contribution in [-0.2, 0) is 23.9 Å². The van der Waals surface area contributed by atoms with Crippen LogP contribution in [0.15, 0.2) is 18.2 Å². The minimum absolute atomic E-state index is 0.0174. The van der Waals surface area contributed by atoms with Crippen molar-refractivity contribution in [3.8, 4) is 5.75 Å². The summed E-state index contributed by atoms with van der Waals surface area (Å²) >= 11 is 0. The molecular weight excluding hydrogens is 458 g/mol. The molecule has 1 aliphatic rings. The Balaban J connectivity index is 2.44. The summed E-state index contributed by atoms with van der Waals surface area (Å²) < 4.78 is 9.80. The molecule has 0 aromatic heterocycles. The molecule has 1 saturated carbocycles. The monoisotopic (exact) mass is 493 g/mol. The molecule has 0 spiro atoms. The third kappa shape index (κ3) is 7.57. The number of aryl methyl sites for hydroxylation is 1. The third-order valence-corrected chi connectivity index (χ3v) is 5.59. The number of phenolic OH excluding ortho intramolecular Hbond substituents is 1. The van der Waals surface area contributed by atoms with Gasteiger partial charge in [0.25, 0.3) is 0 Å². The summed E-state index contributed by atoms with van der Waals surface area (Å²) in [4.78, 5) is 52.2. The van der Waals surface area contributed by atoms with E-state index in [0.717, 1.165) is 6.42 Å². The van der Waals surface area contributed by atoms with Crippen molar-refractivity contribution in [2.45, 2.75) is 70.7 Å². The predicted molar refractivity (Wildman–Crippen MR) is 125 cm³/mol.